The molecule has 0 aliphatic rings. The third-order valence-electron chi connectivity index (χ3n) is 1.45. The SMILES string of the molecule is O=C(O)CSC(=S)c1ccccc1O. The van der Waals surface area contributed by atoms with Crippen molar-refractivity contribution in [1.82, 2.24) is 0 Å². The van der Waals surface area contributed by atoms with Crippen molar-refractivity contribution in [1.29, 1.82) is 0 Å². The first-order valence-electron chi connectivity index (χ1n) is 3.78. The van der Waals surface area contributed by atoms with Crippen molar-refractivity contribution in [2.45, 2.75) is 0 Å². The van der Waals surface area contributed by atoms with E-state index in [1.165, 1.54) is 6.07 Å². The lowest BCUT2D eigenvalue weighted by molar-refractivity contribution is -0.133. The summed E-state index contributed by atoms with van der Waals surface area (Å²) in [4.78, 5) is 10.3. The summed E-state index contributed by atoms with van der Waals surface area (Å²) in [6.45, 7) is 0. The Morgan fingerprint density at radius 2 is 2.07 bits per heavy atom. The molecule has 2 N–H and O–H groups in total. The van der Waals surface area contributed by atoms with E-state index in [1.807, 2.05) is 0 Å². The lowest BCUT2D eigenvalue weighted by atomic mass is 10.2. The fourth-order valence-electron chi connectivity index (χ4n) is 0.851. The topological polar surface area (TPSA) is 57.5 Å². The summed E-state index contributed by atoms with van der Waals surface area (Å²) >= 11 is 5.99. The molecule has 1 aromatic rings. The number of aromatic hydroxyl groups is 1. The van der Waals surface area contributed by atoms with Crippen LogP contribution in [-0.2, 0) is 4.79 Å². The predicted molar refractivity (Wildman–Crippen MR) is 59.9 cm³/mol. The van der Waals surface area contributed by atoms with Crippen LogP contribution in [0.2, 0.25) is 0 Å². The zero-order chi connectivity index (χ0) is 10.6. The summed E-state index contributed by atoms with van der Waals surface area (Å²) in [7, 11) is 0. The van der Waals surface area contributed by atoms with E-state index in [9.17, 15) is 9.90 Å². The van der Waals surface area contributed by atoms with Crippen molar-refractivity contribution in [2.75, 3.05) is 5.75 Å². The molecule has 14 heavy (non-hydrogen) atoms. The van der Waals surface area contributed by atoms with Crippen LogP contribution in [0.1, 0.15) is 5.56 Å². The van der Waals surface area contributed by atoms with Gasteiger partial charge >= 0.3 is 5.97 Å². The number of carboxylic acids is 1. The van der Waals surface area contributed by atoms with Crippen molar-refractivity contribution >= 4 is 34.1 Å². The standard InChI is InChI=1S/C9H8O3S2/c10-7-4-2-1-3-6(7)9(13)14-5-8(11)12/h1-4,10H,5H2,(H,11,12). The minimum absolute atomic E-state index is 0.0791. The number of hydrogen-bond donors (Lipinski definition) is 2. The van der Waals surface area contributed by atoms with Crippen molar-refractivity contribution in [3.8, 4) is 5.75 Å². The van der Waals surface area contributed by atoms with Gasteiger partial charge in [-0.3, -0.25) is 4.79 Å². The first-order valence-corrected chi connectivity index (χ1v) is 5.17. The van der Waals surface area contributed by atoms with Gasteiger partial charge in [0.2, 0.25) is 0 Å². The number of aliphatic carboxylic acids is 1. The summed E-state index contributed by atoms with van der Waals surface area (Å²) in [6, 6.07) is 6.60. The summed E-state index contributed by atoms with van der Waals surface area (Å²) < 4.78 is 0.394. The smallest absolute Gasteiger partial charge is 0.313 e. The first-order chi connectivity index (χ1) is 6.61. The van der Waals surface area contributed by atoms with Gasteiger partial charge in [-0.15, -0.1) is 11.8 Å². The largest absolute Gasteiger partial charge is 0.507 e. The molecule has 0 fully saturated rings. The second-order valence-electron chi connectivity index (χ2n) is 2.49. The van der Waals surface area contributed by atoms with Crippen molar-refractivity contribution < 1.29 is 15.0 Å². The highest BCUT2D eigenvalue weighted by molar-refractivity contribution is 8.24. The normalized spacial score (nSPS) is 9.71. The fourth-order valence-corrected chi connectivity index (χ4v) is 1.78. The van der Waals surface area contributed by atoms with Crippen LogP contribution in [-0.4, -0.2) is 26.1 Å². The Morgan fingerprint density at radius 1 is 1.43 bits per heavy atom. The number of rotatable bonds is 3. The number of benzene rings is 1. The molecule has 5 heteroatoms. The maximum atomic E-state index is 10.3. The highest BCUT2D eigenvalue weighted by Crippen LogP contribution is 2.22. The molecule has 0 aliphatic heterocycles. The second kappa shape index (κ2) is 4.97. The summed E-state index contributed by atoms with van der Waals surface area (Å²) in [5.41, 5.74) is 0.508. The number of para-hydroxylation sites is 1. The maximum absolute atomic E-state index is 10.3. The Bertz CT molecular complexity index is 363. The Balaban J connectivity index is 2.70. The maximum Gasteiger partial charge on any atom is 0.313 e. The minimum Gasteiger partial charge on any atom is -0.507 e. The Morgan fingerprint density at radius 3 is 2.64 bits per heavy atom. The Kier molecular flexibility index (Phi) is 3.91. The molecular formula is C9H8O3S2. The number of hydrogen-bond acceptors (Lipinski definition) is 4. The highest BCUT2D eigenvalue weighted by atomic mass is 32.2. The van der Waals surface area contributed by atoms with Crippen LogP contribution < -0.4 is 0 Å². The molecule has 0 aliphatic carbocycles. The van der Waals surface area contributed by atoms with E-state index in [0.717, 1.165) is 11.8 Å². The Hall–Kier alpha value is -1.07. The molecule has 1 rings (SSSR count). The molecule has 0 aromatic heterocycles. The average molecular weight is 228 g/mol. The number of carbonyl (C=O) groups is 1. The van der Waals surface area contributed by atoms with Crippen LogP contribution >= 0.6 is 24.0 Å². The zero-order valence-electron chi connectivity index (χ0n) is 7.14. The summed E-state index contributed by atoms with van der Waals surface area (Å²) in [6.07, 6.45) is 0. The molecule has 0 spiro atoms. The van der Waals surface area contributed by atoms with Gasteiger partial charge in [-0.05, 0) is 12.1 Å². The van der Waals surface area contributed by atoms with Gasteiger partial charge in [0.15, 0.2) is 0 Å². The van der Waals surface area contributed by atoms with E-state index in [-0.39, 0.29) is 11.5 Å². The molecule has 0 radical (unpaired) electrons. The van der Waals surface area contributed by atoms with E-state index in [4.69, 9.17) is 17.3 Å². The molecule has 0 unspecified atom stereocenters. The quantitative estimate of drug-likeness (QED) is 0.774. The number of phenols is 1. The Labute approximate surface area is 90.8 Å². The van der Waals surface area contributed by atoms with Gasteiger partial charge < -0.3 is 10.2 Å². The van der Waals surface area contributed by atoms with Gasteiger partial charge in [-0.2, -0.15) is 0 Å². The predicted octanol–water partition coefficient (Wildman–Crippen LogP) is 1.89. The van der Waals surface area contributed by atoms with Gasteiger partial charge in [0.1, 0.15) is 5.75 Å². The molecule has 1 aromatic carbocycles. The number of thioether (sulfide) groups is 1. The molecule has 0 saturated heterocycles. The lowest BCUT2D eigenvalue weighted by Crippen LogP contribution is -2.02. The van der Waals surface area contributed by atoms with Gasteiger partial charge in [0.25, 0.3) is 0 Å². The van der Waals surface area contributed by atoms with E-state index >= 15 is 0 Å². The third-order valence-corrected chi connectivity index (χ3v) is 2.90. The highest BCUT2D eigenvalue weighted by Gasteiger charge is 2.08. The summed E-state index contributed by atoms with van der Waals surface area (Å²) in [5, 5.41) is 17.8. The first kappa shape index (κ1) is 11.0. The lowest BCUT2D eigenvalue weighted by Gasteiger charge is -2.03. The monoisotopic (exact) mass is 228 g/mol. The van der Waals surface area contributed by atoms with Crippen LogP contribution in [0.25, 0.3) is 0 Å². The number of phenolic OH excluding ortho intramolecular Hbond substituents is 1. The van der Waals surface area contributed by atoms with Gasteiger partial charge in [-0.25, -0.2) is 0 Å². The van der Waals surface area contributed by atoms with Gasteiger partial charge in [0.05, 0.1) is 9.95 Å². The van der Waals surface area contributed by atoms with Gasteiger partial charge in [0, 0.05) is 5.56 Å². The van der Waals surface area contributed by atoms with E-state index < -0.39 is 5.97 Å². The van der Waals surface area contributed by atoms with E-state index in [1.54, 1.807) is 18.2 Å². The third kappa shape index (κ3) is 3.01. The second-order valence-corrected chi connectivity index (χ2v) is 4.14. The van der Waals surface area contributed by atoms with Crippen LogP contribution in [0.4, 0.5) is 0 Å². The number of thiocarbonyl (C=S) groups is 1. The molecule has 0 atom stereocenters. The molecule has 0 amide bonds. The summed E-state index contributed by atoms with van der Waals surface area (Å²) in [5.74, 6) is -0.934. The molecule has 0 heterocycles. The van der Waals surface area contributed by atoms with E-state index in [2.05, 4.69) is 0 Å². The van der Waals surface area contributed by atoms with Crippen LogP contribution in [0.3, 0.4) is 0 Å². The van der Waals surface area contributed by atoms with Crippen molar-refractivity contribution in [3.63, 3.8) is 0 Å². The molecule has 3 nitrogen and oxygen atoms in total. The van der Waals surface area contributed by atoms with Crippen LogP contribution in [0, 0.1) is 0 Å². The van der Waals surface area contributed by atoms with Crippen molar-refractivity contribution in [3.05, 3.63) is 29.8 Å². The number of carboxylic acid groups (broad SMARTS) is 1. The molecule has 0 bridgehead atoms. The van der Waals surface area contributed by atoms with Crippen LogP contribution in [0.15, 0.2) is 24.3 Å². The fraction of sp³-hybridized carbons (Fsp3) is 0.111. The zero-order valence-corrected chi connectivity index (χ0v) is 8.77. The minimum atomic E-state index is -0.923. The van der Waals surface area contributed by atoms with Crippen LogP contribution in [0.5, 0.6) is 5.75 Å². The van der Waals surface area contributed by atoms with E-state index in [0.29, 0.717) is 9.76 Å². The van der Waals surface area contributed by atoms with Gasteiger partial charge in [-0.1, -0.05) is 24.4 Å². The molecule has 74 valence electrons. The molecule has 0 saturated carbocycles. The molecular weight excluding hydrogens is 220 g/mol. The van der Waals surface area contributed by atoms with Crippen molar-refractivity contribution in [2.24, 2.45) is 0 Å². The average Bonchev–Trinajstić information content (AvgIpc) is 2.15.